The second-order valence-corrected chi connectivity index (χ2v) is 12.5. The van der Waals surface area contributed by atoms with Crippen molar-refractivity contribution in [3.63, 3.8) is 0 Å². The smallest absolute Gasteiger partial charge is 0.0998 e. The van der Waals surface area contributed by atoms with Crippen molar-refractivity contribution in [2.45, 2.75) is 0 Å². The minimum atomic E-state index is 0.689. The first-order valence-electron chi connectivity index (χ1n) is 16.6. The van der Waals surface area contributed by atoms with Gasteiger partial charge in [-0.25, -0.2) is 0 Å². The van der Waals surface area contributed by atoms with Gasteiger partial charge in [-0.05, 0) is 98.2 Å². The van der Waals surface area contributed by atoms with E-state index in [-0.39, 0.29) is 0 Å². The maximum absolute atomic E-state index is 9.89. The monoisotopic (exact) mass is 622 g/mol. The Labute approximate surface area is 285 Å². The Balaban J connectivity index is 1.11. The first kappa shape index (κ1) is 28.5. The number of benzene rings is 8. The van der Waals surface area contributed by atoms with Gasteiger partial charge in [-0.1, -0.05) is 133 Å². The molecule has 0 saturated heterocycles. The van der Waals surface area contributed by atoms with Gasteiger partial charge in [0, 0.05) is 22.0 Å². The van der Waals surface area contributed by atoms with Gasteiger partial charge in [0.15, 0.2) is 0 Å². The number of fused-ring (bicyclic) bond motifs is 4. The lowest BCUT2D eigenvalue weighted by molar-refractivity contribution is 1.18. The zero-order valence-corrected chi connectivity index (χ0v) is 26.7. The van der Waals surface area contributed by atoms with Crippen LogP contribution in [-0.4, -0.2) is 4.57 Å². The summed E-state index contributed by atoms with van der Waals surface area (Å²) in [5.41, 5.74) is 13.3. The van der Waals surface area contributed by atoms with Gasteiger partial charge in [-0.15, -0.1) is 0 Å². The van der Waals surface area contributed by atoms with Gasteiger partial charge in [-0.3, -0.25) is 0 Å². The zero-order valence-electron chi connectivity index (χ0n) is 26.7. The van der Waals surface area contributed by atoms with Crippen LogP contribution >= 0.6 is 0 Å². The zero-order chi connectivity index (χ0) is 32.7. The molecule has 9 aromatic rings. The summed E-state index contributed by atoms with van der Waals surface area (Å²) in [6.45, 7) is 0. The van der Waals surface area contributed by atoms with Crippen molar-refractivity contribution < 1.29 is 0 Å². The van der Waals surface area contributed by atoms with Crippen LogP contribution in [0.5, 0.6) is 0 Å². The van der Waals surface area contributed by atoms with E-state index in [1.54, 1.807) is 0 Å². The van der Waals surface area contributed by atoms with Crippen molar-refractivity contribution in [1.82, 2.24) is 4.57 Å². The van der Waals surface area contributed by atoms with E-state index >= 15 is 0 Å². The molecule has 0 aliphatic carbocycles. The molecule has 0 spiro atoms. The summed E-state index contributed by atoms with van der Waals surface area (Å²) < 4.78 is 2.38. The number of hydrogen-bond acceptors (Lipinski definition) is 1. The first-order chi connectivity index (χ1) is 24.2. The van der Waals surface area contributed by atoms with Gasteiger partial charge in [0.05, 0.1) is 22.7 Å². The lowest BCUT2D eigenvalue weighted by Gasteiger charge is -2.11. The van der Waals surface area contributed by atoms with Crippen LogP contribution in [0, 0.1) is 11.3 Å². The van der Waals surface area contributed by atoms with Crippen LogP contribution in [0.3, 0.4) is 0 Å². The molecule has 2 heteroatoms. The van der Waals surface area contributed by atoms with E-state index < -0.39 is 0 Å². The molecule has 0 aliphatic heterocycles. The largest absolute Gasteiger partial charge is 0.309 e. The molecule has 1 heterocycles. The molecule has 0 amide bonds. The van der Waals surface area contributed by atoms with E-state index in [9.17, 15) is 5.26 Å². The molecule has 0 aliphatic rings. The Morgan fingerprint density at radius 1 is 0.367 bits per heavy atom. The molecule has 0 radical (unpaired) electrons. The molecule has 2 nitrogen and oxygen atoms in total. The van der Waals surface area contributed by atoms with Gasteiger partial charge >= 0.3 is 0 Å². The second-order valence-electron chi connectivity index (χ2n) is 12.5. The molecular formula is C47H30N2. The highest BCUT2D eigenvalue weighted by atomic mass is 15.0. The molecule has 8 aromatic carbocycles. The average Bonchev–Trinajstić information content (AvgIpc) is 3.51. The van der Waals surface area contributed by atoms with Crippen LogP contribution in [0.15, 0.2) is 182 Å². The van der Waals surface area contributed by atoms with Gasteiger partial charge in [-0.2, -0.15) is 5.26 Å². The fraction of sp³-hybridized carbons (Fsp3) is 0. The van der Waals surface area contributed by atoms with E-state index in [0.29, 0.717) is 5.56 Å². The van der Waals surface area contributed by atoms with E-state index in [1.807, 2.05) is 18.2 Å². The maximum Gasteiger partial charge on any atom is 0.0998 e. The van der Waals surface area contributed by atoms with Crippen LogP contribution in [0.25, 0.3) is 82.8 Å². The fourth-order valence-corrected chi connectivity index (χ4v) is 7.14. The van der Waals surface area contributed by atoms with E-state index in [0.717, 1.165) is 38.7 Å². The minimum Gasteiger partial charge on any atom is -0.309 e. The van der Waals surface area contributed by atoms with Gasteiger partial charge in [0.2, 0.25) is 0 Å². The van der Waals surface area contributed by atoms with Crippen LogP contribution in [0.2, 0.25) is 0 Å². The third-order valence-corrected chi connectivity index (χ3v) is 9.64. The Morgan fingerprint density at radius 3 is 1.33 bits per heavy atom. The SMILES string of the molecule is N#Cc1cc2ccccc2cc1-c1ccc(-c2ccc(-n3c4ccc(-c5ccccc5)cc4c4cc(-c5ccccc5)ccc43)cc2)cc1. The molecule has 0 bridgehead atoms. The molecule has 228 valence electrons. The highest BCUT2D eigenvalue weighted by molar-refractivity contribution is 6.11. The molecule has 0 atom stereocenters. The van der Waals surface area contributed by atoms with Crippen LogP contribution in [0.1, 0.15) is 5.56 Å². The topological polar surface area (TPSA) is 28.7 Å². The summed E-state index contributed by atoms with van der Waals surface area (Å²) in [6.07, 6.45) is 0. The summed E-state index contributed by atoms with van der Waals surface area (Å²) >= 11 is 0. The number of aromatic nitrogens is 1. The number of rotatable bonds is 5. The lowest BCUT2D eigenvalue weighted by atomic mass is 9.94. The molecule has 0 saturated carbocycles. The number of hydrogen-bond donors (Lipinski definition) is 0. The van der Waals surface area contributed by atoms with Crippen LogP contribution in [-0.2, 0) is 0 Å². The van der Waals surface area contributed by atoms with Crippen LogP contribution in [0.4, 0.5) is 0 Å². The maximum atomic E-state index is 9.89. The normalized spacial score (nSPS) is 11.2. The van der Waals surface area contributed by atoms with Gasteiger partial charge in [0.25, 0.3) is 0 Å². The summed E-state index contributed by atoms with van der Waals surface area (Å²) in [5.74, 6) is 0. The van der Waals surface area contributed by atoms with Gasteiger partial charge in [0.1, 0.15) is 0 Å². The first-order valence-corrected chi connectivity index (χ1v) is 16.6. The Morgan fingerprint density at radius 2 is 0.796 bits per heavy atom. The molecule has 0 unspecified atom stereocenters. The molecule has 0 N–H and O–H groups in total. The van der Waals surface area contributed by atoms with Crippen molar-refractivity contribution in [2.24, 2.45) is 0 Å². The standard InChI is InChI=1S/C47H30N2/c48-31-41-27-37-13-7-8-14-38(37)28-43(41)36-17-15-34(16-18-36)35-19-23-42(24-20-35)49-46-25-21-39(32-9-3-1-4-10-32)29-44(46)45-30-40(22-26-47(45)49)33-11-5-2-6-12-33/h1-30H. The van der Waals surface area contributed by atoms with Crippen LogP contribution < -0.4 is 0 Å². The van der Waals surface area contributed by atoms with Crippen molar-refractivity contribution >= 4 is 32.6 Å². The second kappa shape index (κ2) is 11.8. The average molecular weight is 623 g/mol. The quantitative estimate of drug-likeness (QED) is 0.188. The third kappa shape index (κ3) is 5.06. The minimum absolute atomic E-state index is 0.689. The van der Waals surface area contributed by atoms with E-state index in [4.69, 9.17) is 0 Å². The Kier molecular flexibility index (Phi) is 6.89. The molecular weight excluding hydrogens is 593 g/mol. The molecule has 49 heavy (non-hydrogen) atoms. The molecule has 9 rings (SSSR count). The Bertz CT molecular complexity index is 2580. The van der Waals surface area contributed by atoms with Crippen molar-refractivity contribution in [3.05, 3.63) is 188 Å². The molecule has 1 aromatic heterocycles. The Hall–Kier alpha value is -6.69. The van der Waals surface area contributed by atoms with Crippen molar-refractivity contribution in [2.75, 3.05) is 0 Å². The van der Waals surface area contributed by atoms with E-state index in [2.05, 4.69) is 174 Å². The lowest BCUT2D eigenvalue weighted by Crippen LogP contribution is -1.94. The number of nitrogens with zero attached hydrogens (tertiary/aromatic N) is 2. The highest BCUT2D eigenvalue weighted by Gasteiger charge is 2.15. The summed E-state index contributed by atoms with van der Waals surface area (Å²) in [6, 6.07) is 66.9. The third-order valence-electron chi connectivity index (χ3n) is 9.64. The van der Waals surface area contributed by atoms with Crippen molar-refractivity contribution in [3.8, 4) is 56.3 Å². The highest BCUT2D eigenvalue weighted by Crippen LogP contribution is 2.38. The fourth-order valence-electron chi connectivity index (χ4n) is 7.14. The summed E-state index contributed by atoms with van der Waals surface area (Å²) in [4.78, 5) is 0. The predicted molar refractivity (Wildman–Crippen MR) is 205 cm³/mol. The molecule has 0 fully saturated rings. The summed E-state index contributed by atoms with van der Waals surface area (Å²) in [7, 11) is 0. The van der Waals surface area contributed by atoms with E-state index in [1.165, 1.54) is 44.1 Å². The predicted octanol–water partition coefficient (Wildman–Crippen LogP) is 12.5. The summed E-state index contributed by atoms with van der Waals surface area (Å²) in [5, 5.41) is 14.6. The van der Waals surface area contributed by atoms with Gasteiger partial charge < -0.3 is 4.57 Å². The number of nitriles is 1. The van der Waals surface area contributed by atoms with Crippen molar-refractivity contribution in [1.29, 1.82) is 5.26 Å².